The summed E-state index contributed by atoms with van der Waals surface area (Å²) in [6.07, 6.45) is 4.41. The highest BCUT2D eigenvalue weighted by Crippen LogP contribution is 2.23. The fourth-order valence-corrected chi connectivity index (χ4v) is 2.41. The van der Waals surface area contributed by atoms with Crippen molar-refractivity contribution in [3.8, 4) is 0 Å². The van der Waals surface area contributed by atoms with Gasteiger partial charge < -0.3 is 9.47 Å². The monoisotopic (exact) mass is 255 g/mol. The standard InChI is InChI=1S/C12H18ClN3O/c1-3-15-7-5-14-11(12(15)17)16-6-4-9(2)10(13)8-16/h5,7,9-10H,3-4,6,8H2,1-2H3. The molecular formula is C12H18ClN3O. The Morgan fingerprint density at radius 1 is 1.59 bits per heavy atom. The van der Waals surface area contributed by atoms with Crippen LogP contribution in [0.4, 0.5) is 5.82 Å². The number of halogens is 1. The molecule has 2 heterocycles. The Balaban J connectivity index is 2.26. The number of rotatable bonds is 2. The fourth-order valence-electron chi connectivity index (χ4n) is 2.12. The van der Waals surface area contributed by atoms with Gasteiger partial charge in [-0.05, 0) is 19.3 Å². The van der Waals surface area contributed by atoms with E-state index in [1.54, 1.807) is 17.0 Å². The van der Waals surface area contributed by atoms with Crippen molar-refractivity contribution in [3.63, 3.8) is 0 Å². The van der Waals surface area contributed by atoms with Crippen LogP contribution < -0.4 is 10.5 Å². The van der Waals surface area contributed by atoms with E-state index < -0.39 is 0 Å². The lowest BCUT2D eigenvalue weighted by molar-refractivity contribution is 0.442. The molecule has 0 radical (unpaired) electrons. The minimum atomic E-state index is -0.0200. The summed E-state index contributed by atoms with van der Waals surface area (Å²) in [5, 5.41) is 0.0974. The second-order valence-electron chi connectivity index (χ2n) is 4.57. The lowest BCUT2D eigenvalue weighted by atomic mass is 9.99. The Bertz CT molecular complexity index is 446. The van der Waals surface area contributed by atoms with Crippen LogP contribution in [0.3, 0.4) is 0 Å². The number of alkyl halides is 1. The Hall–Kier alpha value is -1.03. The summed E-state index contributed by atoms with van der Waals surface area (Å²) in [7, 11) is 0. The summed E-state index contributed by atoms with van der Waals surface area (Å²) in [6, 6.07) is 0. The molecule has 94 valence electrons. The maximum atomic E-state index is 12.1. The molecule has 0 bridgehead atoms. The molecule has 2 unspecified atom stereocenters. The number of anilines is 1. The third-order valence-electron chi connectivity index (χ3n) is 3.40. The van der Waals surface area contributed by atoms with Crippen LogP contribution >= 0.6 is 11.6 Å². The maximum Gasteiger partial charge on any atom is 0.293 e. The van der Waals surface area contributed by atoms with Gasteiger partial charge >= 0.3 is 0 Å². The average Bonchev–Trinajstić information content (AvgIpc) is 2.33. The largest absolute Gasteiger partial charge is 0.351 e. The predicted octanol–water partition coefficient (Wildman–Crippen LogP) is 1.72. The highest BCUT2D eigenvalue weighted by Gasteiger charge is 2.26. The first kappa shape index (κ1) is 12.4. The number of aromatic nitrogens is 2. The highest BCUT2D eigenvalue weighted by atomic mass is 35.5. The zero-order valence-electron chi connectivity index (χ0n) is 10.3. The van der Waals surface area contributed by atoms with Crippen LogP contribution in [0.15, 0.2) is 17.2 Å². The van der Waals surface area contributed by atoms with Crippen LogP contribution in [0.5, 0.6) is 0 Å². The van der Waals surface area contributed by atoms with Crippen molar-refractivity contribution in [2.45, 2.75) is 32.2 Å². The molecule has 2 atom stereocenters. The normalized spacial score (nSPS) is 25.0. The van der Waals surface area contributed by atoms with Gasteiger partial charge in [0.1, 0.15) is 0 Å². The van der Waals surface area contributed by atoms with Crippen molar-refractivity contribution in [2.24, 2.45) is 5.92 Å². The van der Waals surface area contributed by atoms with Gasteiger partial charge in [0.05, 0.1) is 5.38 Å². The number of hydrogen-bond donors (Lipinski definition) is 0. The summed E-state index contributed by atoms with van der Waals surface area (Å²) in [6.45, 7) is 6.34. The molecule has 1 fully saturated rings. The molecule has 1 saturated heterocycles. The number of nitrogens with zero attached hydrogens (tertiary/aromatic N) is 3. The molecule has 5 heteroatoms. The average molecular weight is 256 g/mol. The molecule has 0 spiro atoms. The van der Waals surface area contributed by atoms with Gasteiger partial charge in [0.15, 0.2) is 5.82 Å². The van der Waals surface area contributed by atoms with Gasteiger partial charge in [0, 0.05) is 32.0 Å². The molecule has 1 aliphatic rings. The zero-order chi connectivity index (χ0) is 12.4. The molecule has 1 aromatic rings. The molecular weight excluding hydrogens is 238 g/mol. The fraction of sp³-hybridized carbons (Fsp3) is 0.667. The van der Waals surface area contributed by atoms with E-state index in [1.807, 2.05) is 11.8 Å². The topological polar surface area (TPSA) is 38.1 Å². The van der Waals surface area contributed by atoms with E-state index in [2.05, 4.69) is 11.9 Å². The van der Waals surface area contributed by atoms with Gasteiger partial charge in [-0.15, -0.1) is 11.6 Å². The van der Waals surface area contributed by atoms with Crippen LogP contribution in [-0.2, 0) is 6.54 Å². The van der Waals surface area contributed by atoms with Gasteiger partial charge in [0.25, 0.3) is 5.56 Å². The van der Waals surface area contributed by atoms with Crippen molar-refractivity contribution in [1.82, 2.24) is 9.55 Å². The molecule has 1 aromatic heterocycles. The molecule has 1 aliphatic heterocycles. The smallest absolute Gasteiger partial charge is 0.293 e. The second kappa shape index (κ2) is 5.08. The lowest BCUT2D eigenvalue weighted by Crippen LogP contribution is -2.44. The zero-order valence-corrected chi connectivity index (χ0v) is 11.0. The minimum absolute atomic E-state index is 0.0200. The predicted molar refractivity (Wildman–Crippen MR) is 69.8 cm³/mol. The van der Waals surface area contributed by atoms with Gasteiger partial charge in [-0.25, -0.2) is 4.98 Å². The molecule has 17 heavy (non-hydrogen) atoms. The number of aryl methyl sites for hydroxylation is 1. The Morgan fingerprint density at radius 3 is 3.00 bits per heavy atom. The molecule has 0 amide bonds. The number of piperidine rings is 1. The van der Waals surface area contributed by atoms with Gasteiger partial charge in [-0.2, -0.15) is 0 Å². The summed E-state index contributed by atoms with van der Waals surface area (Å²) >= 11 is 6.26. The van der Waals surface area contributed by atoms with E-state index in [-0.39, 0.29) is 10.9 Å². The molecule has 0 N–H and O–H groups in total. The molecule has 4 nitrogen and oxygen atoms in total. The molecule has 0 aliphatic carbocycles. The van der Waals surface area contributed by atoms with E-state index >= 15 is 0 Å². The van der Waals surface area contributed by atoms with Crippen molar-refractivity contribution >= 4 is 17.4 Å². The molecule has 0 aromatic carbocycles. The van der Waals surface area contributed by atoms with Crippen LogP contribution in [0.25, 0.3) is 0 Å². The Labute approximate surface area is 106 Å². The maximum absolute atomic E-state index is 12.1. The highest BCUT2D eigenvalue weighted by molar-refractivity contribution is 6.21. The van der Waals surface area contributed by atoms with E-state index in [0.717, 1.165) is 13.0 Å². The van der Waals surface area contributed by atoms with Crippen molar-refractivity contribution in [2.75, 3.05) is 18.0 Å². The van der Waals surface area contributed by atoms with Crippen molar-refractivity contribution in [3.05, 3.63) is 22.7 Å². The Morgan fingerprint density at radius 2 is 2.35 bits per heavy atom. The SMILES string of the molecule is CCn1ccnc(N2CCC(C)C(Cl)C2)c1=O. The third-order valence-corrected chi connectivity index (χ3v) is 3.97. The van der Waals surface area contributed by atoms with Crippen molar-refractivity contribution in [1.29, 1.82) is 0 Å². The van der Waals surface area contributed by atoms with Gasteiger partial charge in [-0.1, -0.05) is 6.92 Å². The Kier molecular flexibility index (Phi) is 3.72. The summed E-state index contributed by atoms with van der Waals surface area (Å²) in [5.74, 6) is 1.04. The van der Waals surface area contributed by atoms with Crippen LogP contribution in [0.2, 0.25) is 0 Å². The quantitative estimate of drug-likeness (QED) is 0.756. The minimum Gasteiger partial charge on any atom is -0.351 e. The van der Waals surface area contributed by atoms with Crippen LogP contribution in [-0.4, -0.2) is 28.0 Å². The number of hydrogen-bond acceptors (Lipinski definition) is 3. The molecule has 0 saturated carbocycles. The summed E-state index contributed by atoms with van der Waals surface area (Å²) < 4.78 is 1.67. The first-order chi connectivity index (χ1) is 8.13. The first-order valence-corrected chi connectivity index (χ1v) is 6.51. The van der Waals surface area contributed by atoms with E-state index in [4.69, 9.17) is 11.6 Å². The van der Waals surface area contributed by atoms with Gasteiger partial charge in [0.2, 0.25) is 0 Å². The van der Waals surface area contributed by atoms with Crippen LogP contribution in [0.1, 0.15) is 20.3 Å². The third kappa shape index (κ3) is 2.46. The summed E-state index contributed by atoms with van der Waals surface area (Å²) in [4.78, 5) is 18.3. The lowest BCUT2D eigenvalue weighted by Gasteiger charge is -2.34. The second-order valence-corrected chi connectivity index (χ2v) is 5.13. The first-order valence-electron chi connectivity index (χ1n) is 6.08. The van der Waals surface area contributed by atoms with E-state index in [9.17, 15) is 4.79 Å². The van der Waals surface area contributed by atoms with E-state index in [1.165, 1.54) is 0 Å². The molecule has 2 rings (SSSR count). The van der Waals surface area contributed by atoms with Gasteiger partial charge in [-0.3, -0.25) is 4.79 Å². The van der Waals surface area contributed by atoms with Crippen LogP contribution in [0, 0.1) is 5.92 Å². The van der Waals surface area contributed by atoms with E-state index in [0.29, 0.717) is 24.8 Å². The summed E-state index contributed by atoms with van der Waals surface area (Å²) in [5.41, 5.74) is -0.0200. The van der Waals surface area contributed by atoms with Crippen molar-refractivity contribution < 1.29 is 0 Å².